The zero-order chi connectivity index (χ0) is 39.6. The normalized spacial score (nSPS) is 33.6. The molecule has 14 nitrogen and oxygen atoms in total. The van der Waals surface area contributed by atoms with Crippen LogP contribution in [-0.4, -0.2) is 125 Å². The van der Waals surface area contributed by atoms with Crippen molar-refractivity contribution in [3.05, 3.63) is 23.8 Å². The fourth-order valence-electron chi connectivity index (χ4n) is 8.60. The van der Waals surface area contributed by atoms with Crippen LogP contribution in [0, 0.1) is 22.7 Å². The Balaban J connectivity index is 2.22. The van der Waals surface area contributed by atoms with Crippen LogP contribution >= 0.6 is 0 Å². The van der Waals surface area contributed by atoms with E-state index < -0.39 is 94.8 Å². The van der Waals surface area contributed by atoms with E-state index >= 15 is 0 Å². The van der Waals surface area contributed by atoms with E-state index in [2.05, 4.69) is 11.9 Å². The van der Waals surface area contributed by atoms with Gasteiger partial charge in [-0.2, -0.15) is 0 Å². The number of nitrogens with one attached hydrogen (secondary N) is 1. The van der Waals surface area contributed by atoms with Crippen molar-refractivity contribution in [3.8, 4) is 0 Å². The van der Waals surface area contributed by atoms with Crippen molar-refractivity contribution in [2.45, 2.75) is 148 Å². The van der Waals surface area contributed by atoms with E-state index in [0.717, 1.165) is 0 Å². The number of ether oxygens (including phenoxy) is 6. The molecule has 0 radical (unpaired) electrons. The topological polar surface area (TPSA) is 200 Å². The molecular weight excluding hydrogens is 678 g/mol. The van der Waals surface area contributed by atoms with E-state index in [-0.39, 0.29) is 45.0 Å². The summed E-state index contributed by atoms with van der Waals surface area (Å²) in [6.07, 6.45) is -6.88. The van der Waals surface area contributed by atoms with Gasteiger partial charge in [0.05, 0.1) is 55.2 Å². The number of carbonyl (C=O) groups excluding carboxylic acids is 3. The Bertz CT molecular complexity index is 1320. The summed E-state index contributed by atoms with van der Waals surface area (Å²) >= 11 is 0. The number of alkyl carbamates (subject to hydrolysis) is 1. The first-order valence-electron chi connectivity index (χ1n) is 18.1. The lowest BCUT2D eigenvalue weighted by molar-refractivity contribution is -0.192. The minimum Gasteiger partial charge on any atom is -0.456 e. The number of fused-ring (bicyclic) bond motifs is 2. The van der Waals surface area contributed by atoms with Crippen molar-refractivity contribution in [2.24, 2.45) is 22.7 Å². The molecule has 2 aliphatic carbocycles. The molecule has 0 aromatic heterocycles. The van der Waals surface area contributed by atoms with Gasteiger partial charge in [0.15, 0.2) is 12.2 Å². The van der Waals surface area contributed by atoms with Crippen molar-refractivity contribution in [2.75, 3.05) is 26.9 Å². The third-order valence-electron chi connectivity index (χ3n) is 11.0. The Hall–Kier alpha value is -2.59. The van der Waals surface area contributed by atoms with E-state index in [1.54, 1.807) is 33.8 Å². The number of methoxy groups -OCH3 is 1. The molecule has 0 spiro atoms. The maximum absolute atomic E-state index is 13.8. The smallest absolute Gasteiger partial charge is 0.407 e. The number of aliphatic hydroxyl groups is 4. The fourth-order valence-corrected chi connectivity index (χ4v) is 8.60. The first-order chi connectivity index (χ1) is 24.0. The predicted molar refractivity (Wildman–Crippen MR) is 190 cm³/mol. The maximum Gasteiger partial charge on any atom is 0.407 e. The van der Waals surface area contributed by atoms with Crippen LogP contribution in [0.2, 0.25) is 0 Å². The van der Waals surface area contributed by atoms with Crippen molar-refractivity contribution < 1.29 is 63.2 Å². The molecule has 52 heavy (non-hydrogen) atoms. The highest BCUT2D eigenvalue weighted by Gasteiger charge is 2.70. The Morgan fingerprint density at radius 2 is 1.79 bits per heavy atom. The second-order valence-electron chi connectivity index (χ2n) is 16.7. The molecule has 1 saturated carbocycles. The molecule has 3 rings (SSSR count). The highest BCUT2D eigenvalue weighted by Crippen LogP contribution is 2.63. The molecule has 0 aromatic carbocycles. The van der Waals surface area contributed by atoms with Crippen molar-refractivity contribution in [3.63, 3.8) is 0 Å². The lowest BCUT2D eigenvalue weighted by atomic mass is 9.59. The molecule has 0 bridgehead atoms. The molecule has 1 amide bonds. The summed E-state index contributed by atoms with van der Waals surface area (Å²) in [5.41, 5.74) is -4.62. The summed E-state index contributed by atoms with van der Waals surface area (Å²) in [5, 5.41) is 49.1. The van der Waals surface area contributed by atoms with Crippen LogP contribution in [0.1, 0.15) is 88.5 Å². The second kappa shape index (κ2) is 16.8. The predicted octanol–water partition coefficient (Wildman–Crippen LogP) is 2.97. The molecule has 0 aromatic rings. The number of amides is 1. The number of hydrogen-bond acceptors (Lipinski definition) is 13. The van der Waals surface area contributed by atoms with Gasteiger partial charge < -0.3 is 54.2 Å². The summed E-state index contributed by atoms with van der Waals surface area (Å²) in [7, 11) is 1.51. The van der Waals surface area contributed by atoms with Gasteiger partial charge in [0.25, 0.3) is 0 Å². The van der Waals surface area contributed by atoms with Crippen LogP contribution < -0.4 is 5.32 Å². The summed E-state index contributed by atoms with van der Waals surface area (Å²) in [4.78, 5) is 39.4. The summed E-state index contributed by atoms with van der Waals surface area (Å²) in [5.74, 6) is -2.58. The van der Waals surface area contributed by atoms with Crippen molar-refractivity contribution in [1.82, 2.24) is 5.32 Å². The van der Waals surface area contributed by atoms with Gasteiger partial charge in [0.2, 0.25) is 0 Å². The molecule has 2 fully saturated rings. The Kier molecular flexibility index (Phi) is 14.2. The molecular formula is C38H63NO13. The van der Waals surface area contributed by atoms with Gasteiger partial charge in [-0.3, -0.25) is 4.79 Å². The van der Waals surface area contributed by atoms with Crippen LogP contribution in [0.15, 0.2) is 23.8 Å². The largest absolute Gasteiger partial charge is 0.456 e. The molecule has 1 aliphatic heterocycles. The number of aliphatic hydroxyl groups excluding tert-OH is 3. The third kappa shape index (κ3) is 8.85. The molecule has 1 saturated heterocycles. The Morgan fingerprint density at radius 3 is 2.29 bits per heavy atom. The van der Waals surface area contributed by atoms with Gasteiger partial charge in [-0.1, -0.05) is 26.8 Å². The molecule has 1 heterocycles. The monoisotopic (exact) mass is 741 g/mol. The fraction of sp³-hybridized carbons (Fsp3) is 0.816. The van der Waals surface area contributed by atoms with E-state index in [0.29, 0.717) is 11.1 Å². The molecule has 298 valence electrons. The SMILES string of the molecule is C=CCO[C@H]1[C@@H](OC(C)=O)C2=C(C)[C@@H](OC(=O)[C@H](O)C(CC(C)C)NC(=O)OC(C)(C)C)C[C@@]2(C(C)(C)O)[C@@H](O)[C@@H]2CO[C@@H](CO)C[C@H](OC)[C@]21C. The van der Waals surface area contributed by atoms with E-state index in [1.165, 1.54) is 27.9 Å². The van der Waals surface area contributed by atoms with Gasteiger partial charge >= 0.3 is 18.0 Å². The average Bonchev–Trinajstić information content (AvgIpc) is 3.19. The molecule has 3 aliphatic rings. The zero-order valence-electron chi connectivity index (χ0n) is 32.8. The van der Waals surface area contributed by atoms with E-state index in [1.807, 2.05) is 20.8 Å². The van der Waals surface area contributed by atoms with Gasteiger partial charge in [-0.25, -0.2) is 9.59 Å². The molecule has 14 heteroatoms. The number of rotatable bonds is 13. The number of carbonyl (C=O) groups is 3. The van der Waals surface area contributed by atoms with Crippen LogP contribution in [0.5, 0.6) is 0 Å². The summed E-state index contributed by atoms with van der Waals surface area (Å²) < 4.78 is 36.2. The standard InChI is InChI=1S/C38H63NO13/c1-13-14-48-32-30(50-22(5)41)28-21(4)26(51-33(44)29(42)25(15-20(2)3)39-34(45)52-35(6,7)8)17-38(28,36(9,10)46)31(43)24-19-49-23(18-40)16-27(47-12)37(24,32)11/h13,20,23-27,29-32,40,42-43,46H,1,14-19H2,2-12H3,(H,39,45)/t23-,24+,25?,26+,27+,29-,30+,31+,32+,37+,38+/m1/s1. The Morgan fingerprint density at radius 1 is 1.15 bits per heavy atom. The lowest BCUT2D eigenvalue weighted by Crippen LogP contribution is -2.59. The Labute approximate surface area is 308 Å². The van der Waals surface area contributed by atoms with Crippen molar-refractivity contribution in [1.29, 1.82) is 0 Å². The first-order valence-corrected chi connectivity index (χ1v) is 18.1. The zero-order valence-corrected chi connectivity index (χ0v) is 32.8. The minimum absolute atomic E-state index is 0.0237. The quantitative estimate of drug-likeness (QED) is 0.105. The summed E-state index contributed by atoms with van der Waals surface area (Å²) in [6.45, 7) is 20.1. The van der Waals surface area contributed by atoms with Gasteiger partial charge in [0.1, 0.15) is 17.8 Å². The van der Waals surface area contributed by atoms with Crippen LogP contribution in [0.3, 0.4) is 0 Å². The van der Waals surface area contributed by atoms with Crippen LogP contribution in [-0.2, 0) is 38.0 Å². The summed E-state index contributed by atoms with van der Waals surface area (Å²) in [6, 6.07) is -1.06. The van der Waals surface area contributed by atoms with Crippen LogP contribution in [0.4, 0.5) is 4.79 Å². The van der Waals surface area contributed by atoms with Crippen LogP contribution in [0.25, 0.3) is 0 Å². The number of hydrogen-bond donors (Lipinski definition) is 5. The number of esters is 2. The van der Waals surface area contributed by atoms with Gasteiger partial charge in [-0.15, -0.1) is 6.58 Å². The van der Waals surface area contributed by atoms with Crippen molar-refractivity contribution >= 4 is 18.0 Å². The molecule has 11 atom stereocenters. The maximum atomic E-state index is 13.8. The van der Waals surface area contributed by atoms with Gasteiger partial charge in [-0.05, 0) is 65.0 Å². The van der Waals surface area contributed by atoms with Gasteiger partial charge in [0, 0.05) is 38.2 Å². The molecule has 5 N–H and O–H groups in total. The first kappa shape index (κ1) is 43.8. The molecule has 1 unspecified atom stereocenters. The minimum atomic E-state index is -1.80. The van der Waals surface area contributed by atoms with E-state index in [4.69, 9.17) is 28.4 Å². The lowest BCUT2D eigenvalue weighted by Gasteiger charge is -2.50. The third-order valence-corrected chi connectivity index (χ3v) is 11.0. The van der Waals surface area contributed by atoms with E-state index in [9.17, 15) is 34.8 Å². The second-order valence-corrected chi connectivity index (χ2v) is 16.7. The highest BCUT2D eigenvalue weighted by atomic mass is 16.6. The highest BCUT2D eigenvalue weighted by molar-refractivity contribution is 5.77. The average molecular weight is 742 g/mol.